The summed E-state index contributed by atoms with van der Waals surface area (Å²) < 4.78 is 26.8. The van der Waals surface area contributed by atoms with Gasteiger partial charge in [0.15, 0.2) is 17.1 Å². The fourth-order valence-corrected chi connectivity index (χ4v) is 6.92. The van der Waals surface area contributed by atoms with E-state index in [4.69, 9.17) is 9.47 Å². The Morgan fingerprint density at radius 2 is 1.31 bits per heavy atom. The lowest BCUT2D eigenvalue weighted by Crippen LogP contribution is -2.40. The number of aromatic amines is 2. The number of rotatable bonds is 5. The van der Waals surface area contributed by atoms with E-state index >= 15 is 0 Å². The van der Waals surface area contributed by atoms with Crippen molar-refractivity contribution >= 4 is 89.3 Å². The summed E-state index contributed by atoms with van der Waals surface area (Å²) in [5, 5.41) is 0. The zero-order valence-corrected chi connectivity index (χ0v) is 32.0. The summed E-state index contributed by atoms with van der Waals surface area (Å²) in [5.74, 6) is 1.07. The van der Waals surface area contributed by atoms with Crippen LogP contribution < -0.4 is 0 Å². The molecule has 252 valence electrons. The average Bonchev–Trinajstić information content (AvgIpc) is 3.79. The van der Waals surface area contributed by atoms with E-state index in [2.05, 4.69) is 97.6 Å². The van der Waals surface area contributed by atoms with E-state index < -0.39 is 0 Å². The summed E-state index contributed by atoms with van der Waals surface area (Å²) in [6.45, 7) is 7.01. The fraction of sp³-hybridized carbons (Fsp3) is 0.265. The van der Waals surface area contributed by atoms with Gasteiger partial charge in [-0.15, -0.1) is 0 Å². The predicted octanol–water partition coefficient (Wildman–Crippen LogP) is 6.67. The molecule has 2 saturated heterocycles. The number of imidazole rings is 2. The fourth-order valence-electron chi connectivity index (χ4n) is 5.59. The second kappa shape index (κ2) is 15.4. The number of hydrogen-bond acceptors (Lipinski definition) is 8. The van der Waals surface area contributed by atoms with Crippen LogP contribution in [0.15, 0.2) is 65.4 Å². The number of H-pyrrole nitrogens is 2. The molecule has 8 rings (SSSR count). The zero-order chi connectivity index (χ0) is 33.9. The SMILES string of the molecule is Brc1cnc2nc(-c3ccc(CN4CCOCC4)cc3)[nH]c2c1I.O=C(c1ccc(-c2nc3ncc(F)c(I)c3[nH]2)cc1)N1CCOCC1. The van der Waals surface area contributed by atoms with Gasteiger partial charge in [-0.3, -0.25) is 9.69 Å². The number of nitrogens with zero attached hydrogens (tertiary/aromatic N) is 6. The van der Waals surface area contributed by atoms with Gasteiger partial charge in [0.05, 0.1) is 49.8 Å². The molecule has 0 spiro atoms. The van der Waals surface area contributed by atoms with E-state index in [1.54, 1.807) is 23.2 Å². The average molecular weight is 951 g/mol. The second-order valence-corrected chi connectivity index (χ2v) is 14.5. The van der Waals surface area contributed by atoms with Crippen molar-refractivity contribution in [3.05, 3.63) is 89.5 Å². The predicted molar refractivity (Wildman–Crippen MR) is 205 cm³/mol. The standard InChI is InChI=1S/C17H16BrIN4O.C17H14FIN4O2/c18-13-9-20-17-15(14(13)19)21-16(22-17)12-3-1-11(2-4-12)10-23-5-7-24-8-6-23;18-12-9-20-16-14(13(12)19)21-15(22-16)10-1-3-11(4-2-10)17(24)23-5-7-25-8-6-23/h1-4,9H,5-8,10H2,(H,20,21,22);1-4,9H,5-8H2,(H,20,21,22). The number of halogens is 4. The van der Waals surface area contributed by atoms with Gasteiger partial charge in [0.1, 0.15) is 17.2 Å². The van der Waals surface area contributed by atoms with Crippen molar-refractivity contribution in [2.45, 2.75) is 6.54 Å². The smallest absolute Gasteiger partial charge is 0.254 e. The van der Waals surface area contributed by atoms with Crippen LogP contribution in [0.1, 0.15) is 15.9 Å². The molecule has 2 fully saturated rings. The number of ether oxygens (including phenoxy) is 2. The van der Waals surface area contributed by atoms with Crippen molar-refractivity contribution < 1.29 is 18.7 Å². The normalized spacial score (nSPS) is 15.4. The lowest BCUT2D eigenvalue weighted by atomic mass is 10.1. The van der Waals surface area contributed by atoms with E-state index in [0.717, 1.165) is 69.0 Å². The minimum Gasteiger partial charge on any atom is -0.379 e. The Hall–Kier alpha value is -3.10. The molecule has 6 aromatic rings. The zero-order valence-electron chi connectivity index (χ0n) is 26.1. The maximum Gasteiger partial charge on any atom is 0.254 e. The van der Waals surface area contributed by atoms with Gasteiger partial charge in [-0.2, -0.15) is 0 Å². The summed E-state index contributed by atoms with van der Waals surface area (Å²) in [6.07, 6.45) is 2.96. The van der Waals surface area contributed by atoms with Crippen molar-refractivity contribution in [1.29, 1.82) is 0 Å². The minimum absolute atomic E-state index is 0.00209. The molecule has 1 amide bonds. The van der Waals surface area contributed by atoms with Crippen molar-refractivity contribution in [2.24, 2.45) is 0 Å². The van der Waals surface area contributed by atoms with Crippen LogP contribution in [0.4, 0.5) is 4.39 Å². The maximum atomic E-state index is 13.6. The number of aromatic nitrogens is 6. The Kier molecular flexibility index (Phi) is 10.8. The van der Waals surface area contributed by atoms with Gasteiger partial charge in [-0.05, 0) is 78.8 Å². The Morgan fingerprint density at radius 1 is 0.776 bits per heavy atom. The highest BCUT2D eigenvalue weighted by Crippen LogP contribution is 2.28. The van der Waals surface area contributed by atoms with Gasteiger partial charge in [0.2, 0.25) is 0 Å². The number of benzene rings is 2. The first kappa shape index (κ1) is 34.4. The molecule has 4 aromatic heterocycles. The van der Waals surface area contributed by atoms with Crippen molar-refractivity contribution in [2.75, 3.05) is 52.6 Å². The van der Waals surface area contributed by atoms with Gasteiger partial charge in [0, 0.05) is 55.6 Å². The number of fused-ring (bicyclic) bond motifs is 2. The number of pyridine rings is 2. The largest absolute Gasteiger partial charge is 0.379 e. The Morgan fingerprint density at radius 3 is 1.92 bits per heavy atom. The van der Waals surface area contributed by atoms with Crippen molar-refractivity contribution in [3.63, 3.8) is 0 Å². The molecule has 11 nitrogen and oxygen atoms in total. The summed E-state index contributed by atoms with van der Waals surface area (Å²) in [6, 6.07) is 15.8. The Bertz CT molecular complexity index is 2100. The quantitative estimate of drug-likeness (QED) is 0.184. The molecule has 0 aliphatic carbocycles. The highest BCUT2D eigenvalue weighted by Gasteiger charge is 2.19. The van der Waals surface area contributed by atoms with Gasteiger partial charge < -0.3 is 24.3 Å². The van der Waals surface area contributed by atoms with E-state index in [0.29, 0.717) is 52.4 Å². The van der Waals surface area contributed by atoms with Crippen LogP contribution in [0.3, 0.4) is 0 Å². The van der Waals surface area contributed by atoms with Crippen LogP contribution in [0, 0.1) is 13.0 Å². The van der Waals surface area contributed by atoms with Crippen LogP contribution in [-0.2, 0) is 16.0 Å². The number of carbonyl (C=O) groups excluding carboxylic acids is 1. The van der Waals surface area contributed by atoms with Gasteiger partial charge in [-0.1, -0.05) is 36.4 Å². The third-order valence-electron chi connectivity index (χ3n) is 8.27. The minimum atomic E-state index is -0.380. The monoisotopic (exact) mass is 950 g/mol. The first-order valence-corrected chi connectivity index (χ1v) is 18.6. The number of amides is 1. The molecule has 15 heteroatoms. The first-order valence-electron chi connectivity index (χ1n) is 15.6. The summed E-state index contributed by atoms with van der Waals surface area (Å²) in [7, 11) is 0. The van der Waals surface area contributed by atoms with Crippen LogP contribution in [0.5, 0.6) is 0 Å². The van der Waals surface area contributed by atoms with Crippen molar-refractivity contribution in [3.8, 4) is 22.8 Å². The Balaban J connectivity index is 0.000000154. The van der Waals surface area contributed by atoms with E-state index in [1.165, 1.54) is 11.8 Å². The van der Waals surface area contributed by atoms with Crippen molar-refractivity contribution in [1.82, 2.24) is 39.7 Å². The lowest BCUT2D eigenvalue weighted by Gasteiger charge is -2.26. The number of morpholine rings is 2. The van der Waals surface area contributed by atoms with E-state index in [-0.39, 0.29) is 11.7 Å². The molecule has 0 atom stereocenters. The van der Waals surface area contributed by atoms with E-state index in [1.807, 2.05) is 34.7 Å². The second-order valence-electron chi connectivity index (χ2n) is 11.5. The topological polar surface area (TPSA) is 125 Å². The molecular weight excluding hydrogens is 921 g/mol. The number of hydrogen-bond donors (Lipinski definition) is 2. The lowest BCUT2D eigenvalue weighted by molar-refractivity contribution is 0.0303. The third kappa shape index (κ3) is 7.80. The Labute approximate surface area is 316 Å². The highest BCUT2D eigenvalue weighted by molar-refractivity contribution is 14.1. The summed E-state index contributed by atoms with van der Waals surface area (Å²) in [4.78, 5) is 40.5. The van der Waals surface area contributed by atoms with Gasteiger partial charge in [-0.25, -0.2) is 24.3 Å². The first-order chi connectivity index (χ1) is 23.8. The summed E-state index contributed by atoms with van der Waals surface area (Å²) in [5.41, 5.74) is 6.58. The molecule has 0 unspecified atom stereocenters. The van der Waals surface area contributed by atoms with Gasteiger partial charge in [0.25, 0.3) is 5.91 Å². The third-order valence-corrected chi connectivity index (χ3v) is 11.8. The molecule has 49 heavy (non-hydrogen) atoms. The molecule has 6 heterocycles. The van der Waals surface area contributed by atoms with Crippen LogP contribution in [-0.4, -0.2) is 98.2 Å². The molecule has 2 aromatic carbocycles. The van der Waals surface area contributed by atoms with E-state index in [9.17, 15) is 9.18 Å². The number of carbonyl (C=O) groups is 1. The highest BCUT2D eigenvalue weighted by atomic mass is 127. The molecule has 0 saturated carbocycles. The molecular formula is C34H30BrFI2N8O3. The van der Waals surface area contributed by atoms with Gasteiger partial charge >= 0.3 is 0 Å². The molecule has 0 radical (unpaired) electrons. The molecule has 2 aliphatic heterocycles. The van der Waals surface area contributed by atoms with Crippen LogP contribution in [0.2, 0.25) is 0 Å². The van der Waals surface area contributed by atoms with Crippen LogP contribution >= 0.6 is 61.1 Å². The summed E-state index contributed by atoms with van der Waals surface area (Å²) >= 11 is 7.73. The molecule has 0 bridgehead atoms. The van der Waals surface area contributed by atoms with Crippen LogP contribution in [0.25, 0.3) is 45.1 Å². The maximum absolute atomic E-state index is 13.6. The molecule has 2 aliphatic rings. The molecule has 2 N–H and O–H groups in total. The number of nitrogens with one attached hydrogen (secondary N) is 2.